The average molecular weight is 301 g/mol. The third-order valence-electron chi connectivity index (χ3n) is 3.38. The molecule has 0 aliphatic carbocycles. The lowest BCUT2D eigenvalue weighted by atomic mass is 10.0. The highest BCUT2D eigenvalue weighted by molar-refractivity contribution is 7.99. The highest BCUT2D eigenvalue weighted by Crippen LogP contribution is 2.36. The topological polar surface area (TPSA) is 67.2 Å². The van der Waals surface area contributed by atoms with Crippen LogP contribution in [0.2, 0.25) is 0 Å². The fourth-order valence-electron chi connectivity index (χ4n) is 2.35. The van der Waals surface area contributed by atoms with Gasteiger partial charge in [0.05, 0.1) is 4.92 Å². The molecule has 6 heteroatoms. The number of rotatable bonds is 4. The van der Waals surface area contributed by atoms with Crippen LogP contribution in [-0.2, 0) is 0 Å². The Balaban J connectivity index is 1.96. The van der Waals surface area contributed by atoms with Gasteiger partial charge in [0, 0.05) is 34.5 Å². The smallest absolute Gasteiger partial charge is 0.258 e. The van der Waals surface area contributed by atoms with E-state index in [0.29, 0.717) is 0 Å². The molecule has 0 bridgehead atoms. The maximum Gasteiger partial charge on any atom is 0.269 e. The molecule has 1 saturated heterocycles. The van der Waals surface area contributed by atoms with Gasteiger partial charge in [0.2, 0.25) is 0 Å². The summed E-state index contributed by atoms with van der Waals surface area (Å²) < 4.78 is 0. The predicted molar refractivity (Wildman–Crippen MR) is 82.2 cm³/mol. The molecule has 2 aromatic carbocycles. The van der Waals surface area contributed by atoms with Gasteiger partial charge in [0.25, 0.3) is 5.69 Å². The van der Waals surface area contributed by atoms with Crippen LogP contribution in [0, 0.1) is 10.1 Å². The average Bonchev–Trinajstić information content (AvgIpc) is 3.02. The number of benzene rings is 2. The third kappa shape index (κ3) is 3.24. The molecule has 0 radical (unpaired) electrons. The zero-order valence-electron chi connectivity index (χ0n) is 11.3. The van der Waals surface area contributed by atoms with Gasteiger partial charge in [-0.3, -0.25) is 21.0 Å². The SMILES string of the molecule is O=[N+]([O-])c1ccc(Sc2ccccc2)c(C2CCNN2)c1. The van der Waals surface area contributed by atoms with Crippen LogP contribution in [0.25, 0.3) is 0 Å². The van der Waals surface area contributed by atoms with Crippen LogP contribution in [-0.4, -0.2) is 11.5 Å². The van der Waals surface area contributed by atoms with Gasteiger partial charge in [-0.15, -0.1) is 0 Å². The number of non-ortho nitro benzene ring substituents is 1. The lowest BCUT2D eigenvalue weighted by molar-refractivity contribution is -0.385. The normalized spacial score (nSPS) is 17.8. The Labute approximate surface area is 126 Å². The van der Waals surface area contributed by atoms with Crippen molar-refractivity contribution < 1.29 is 4.92 Å². The van der Waals surface area contributed by atoms with Gasteiger partial charge in [-0.1, -0.05) is 30.0 Å². The number of nitro groups is 1. The molecule has 1 unspecified atom stereocenters. The van der Waals surface area contributed by atoms with Crippen molar-refractivity contribution in [1.29, 1.82) is 0 Å². The van der Waals surface area contributed by atoms with Gasteiger partial charge in [-0.05, 0) is 30.2 Å². The van der Waals surface area contributed by atoms with Crippen molar-refractivity contribution in [3.63, 3.8) is 0 Å². The largest absolute Gasteiger partial charge is 0.269 e. The van der Waals surface area contributed by atoms with Crippen molar-refractivity contribution >= 4 is 17.4 Å². The molecule has 5 nitrogen and oxygen atoms in total. The minimum atomic E-state index is -0.344. The molecule has 1 atom stereocenters. The Hall–Kier alpha value is -1.89. The van der Waals surface area contributed by atoms with Gasteiger partial charge in [0.15, 0.2) is 0 Å². The van der Waals surface area contributed by atoms with Crippen LogP contribution in [0.15, 0.2) is 58.3 Å². The van der Waals surface area contributed by atoms with Crippen LogP contribution >= 0.6 is 11.8 Å². The first-order chi connectivity index (χ1) is 10.2. The summed E-state index contributed by atoms with van der Waals surface area (Å²) >= 11 is 1.63. The lowest BCUT2D eigenvalue weighted by Gasteiger charge is -2.15. The number of nitro benzene ring substituents is 1. The molecule has 0 saturated carbocycles. The molecule has 1 aliphatic heterocycles. The monoisotopic (exact) mass is 301 g/mol. The van der Waals surface area contributed by atoms with Crippen molar-refractivity contribution in [2.45, 2.75) is 22.3 Å². The molecule has 0 spiro atoms. The van der Waals surface area contributed by atoms with E-state index in [2.05, 4.69) is 10.9 Å². The van der Waals surface area contributed by atoms with Gasteiger partial charge in [-0.2, -0.15) is 0 Å². The number of hydrogen-bond donors (Lipinski definition) is 2. The van der Waals surface area contributed by atoms with Crippen LogP contribution in [0.4, 0.5) is 5.69 Å². The zero-order valence-corrected chi connectivity index (χ0v) is 12.1. The summed E-state index contributed by atoms with van der Waals surface area (Å²) in [6.45, 7) is 0.864. The molecular formula is C15H15N3O2S. The fourth-order valence-corrected chi connectivity index (χ4v) is 3.35. The molecule has 1 aliphatic rings. The van der Waals surface area contributed by atoms with Gasteiger partial charge >= 0.3 is 0 Å². The summed E-state index contributed by atoms with van der Waals surface area (Å²) in [5.74, 6) is 0. The van der Waals surface area contributed by atoms with Gasteiger partial charge in [0.1, 0.15) is 0 Å². The van der Waals surface area contributed by atoms with E-state index >= 15 is 0 Å². The maximum absolute atomic E-state index is 11.0. The second-order valence-corrected chi connectivity index (χ2v) is 5.92. The molecule has 2 aromatic rings. The number of nitrogens with one attached hydrogen (secondary N) is 2. The van der Waals surface area contributed by atoms with Crippen LogP contribution < -0.4 is 10.9 Å². The van der Waals surface area contributed by atoms with E-state index in [-0.39, 0.29) is 16.7 Å². The minimum absolute atomic E-state index is 0.108. The van der Waals surface area contributed by atoms with Crippen molar-refractivity contribution in [3.8, 4) is 0 Å². The highest BCUT2D eigenvalue weighted by Gasteiger charge is 2.22. The standard InChI is InChI=1S/C15H15N3O2S/c19-18(20)11-6-7-15(21-12-4-2-1-3-5-12)13(10-11)14-8-9-16-17-14/h1-7,10,14,16-17H,8-9H2. The zero-order chi connectivity index (χ0) is 14.7. The van der Waals surface area contributed by atoms with E-state index in [1.165, 1.54) is 0 Å². The molecule has 21 heavy (non-hydrogen) atoms. The van der Waals surface area contributed by atoms with E-state index in [9.17, 15) is 10.1 Å². The van der Waals surface area contributed by atoms with E-state index < -0.39 is 0 Å². The summed E-state index contributed by atoms with van der Waals surface area (Å²) in [5.41, 5.74) is 7.37. The fraction of sp³-hybridized carbons (Fsp3) is 0.200. The second kappa shape index (κ2) is 6.26. The van der Waals surface area contributed by atoms with Crippen LogP contribution in [0.3, 0.4) is 0 Å². The highest BCUT2D eigenvalue weighted by atomic mass is 32.2. The number of hydrazine groups is 1. The minimum Gasteiger partial charge on any atom is -0.258 e. The summed E-state index contributed by atoms with van der Waals surface area (Å²) in [6.07, 6.45) is 0.920. The van der Waals surface area contributed by atoms with E-state index in [1.807, 2.05) is 36.4 Å². The molecular weight excluding hydrogens is 286 g/mol. The molecule has 1 heterocycles. The van der Waals surface area contributed by atoms with Crippen molar-refractivity contribution in [2.75, 3.05) is 6.54 Å². The Morgan fingerprint density at radius 2 is 2.00 bits per heavy atom. The van der Waals surface area contributed by atoms with Crippen LogP contribution in [0.5, 0.6) is 0 Å². The quantitative estimate of drug-likeness (QED) is 0.670. The third-order valence-corrected chi connectivity index (χ3v) is 4.48. The van der Waals surface area contributed by atoms with Crippen molar-refractivity contribution in [2.24, 2.45) is 0 Å². The van der Waals surface area contributed by atoms with Crippen LogP contribution in [0.1, 0.15) is 18.0 Å². The first-order valence-corrected chi connectivity index (χ1v) is 7.55. The Kier molecular flexibility index (Phi) is 4.19. The molecule has 3 rings (SSSR count). The second-order valence-electron chi connectivity index (χ2n) is 4.81. The summed E-state index contributed by atoms with van der Waals surface area (Å²) in [5, 5.41) is 11.0. The Morgan fingerprint density at radius 3 is 2.67 bits per heavy atom. The first kappa shape index (κ1) is 14.1. The Bertz CT molecular complexity index is 643. The number of hydrogen-bond acceptors (Lipinski definition) is 5. The number of nitrogens with zero attached hydrogens (tertiary/aromatic N) is 1. The molecule has 1 fully saturated rings. The summed E-state index contributed by atoms with van der Waals surface area (Å²) in [7, 11) is 0. The van der Waals surface area contributed by atoms with Crippen molar-refractivity contribution in [1.82, 2.24) is 10.9 Å². The van der Waals surface area contributed by atoms with Gasteiger partial charge in [-0.25, -0.2) is 0 Å². The summed E-state index contributed by atoms with van der Waals surface area (Å²) in [4.78, 5) is 12.8. The first-order valence-electron chi connectivity index (χ1n) is 6.73. The molecule has 0 amide bonds. The Morgan fingerprint density at radius 1 is 1.19 bits per heavy atom. The molecule has 108 valence electrons. The summed E-state index contributed by atoms with van der Waals surface area (Å²) in [6, 6.07) is 15.2. The van der Waals surface area contributed by atoms with Gasteiger partial charge < -0.3 is 0 Å². The van der Waals surface area contributed by atoms with Crippen molar-refractivity contribution in [3.05, 3.63) is 64.2 Å². The van der Waals surface area contributed by atoms with E-state index in [4.69, 9.17) is 0 Å². The molecule has 0 aromatic heterocycles. The lowest BCUT2D eigenvalue weighted by Crippen LogP contribution is -2.25. The van der Waals surface area contributed by atoms with E-state index in [0.717, 1.165) is 28.3 Å². The van der Waals surface area contributed by atoms with E-state index in [1.54, 1.807) is 23.9 Å². The predicted octanol–water partition coefficient (Wildman–Crippen LogP) is 3.29. The maximum atomic E-state index is 11.0. The molecule has 2 N–H and O–H groups in total.